The van der Waals surface area contributed by atoms with Crippen molar-refractivity contribution in [3.8, 4) is 0 Å². The van der Waals surface area contributed by atoms with Gasteiger partial charge in [0.05, 0.1) is 12.3 Å². The molecule has 0 aliphatic heterocycles. The van der Waals surface area contributed by atoms with Gasteiger partial charge in [-0.1, -0.05) is 82.7 Å². The van der Waals surface area contributed by atoms with E-state index in [0.717, 1.165) is 15.6 Å². The molecule has 0 heterocycles. The van der Waals surface area contributed by atoms with E-state index < -0.39 is 5.92 Å². The van der Waals surface area contributed by atoms with Crippen LogP contribution in [0.1, 0.15) is 33.0 Å². The van der Waals surface area contributed by atoms with Gasteiger partial charge in [-0.25, -0.2) is 4.99 Å². The van der Waals surface area contributed by atoms with E-state index in [1.54, 1.807) is 29.2 Å². The number of rotatable bonds is 6. The number of benzene rings is 3. The fourth-order valence-corrected chi connectivity index (χ4v) is 3.23. The molecule has 0 bridgehead atoms. The normalized spacial score (nSPS) is 12.0. The number of ketones is 1. The zero-order valence-electron chi connectivity index (χ0n) is 16.2. The Labute approximate surface area is 179 Å². The molecular formula is C24H21BrN2O2. The quantitative estimate of drug-likeness (QED) is 0.305. The van der Waals surface area contributed by atoms with Crippen molar-refractivity contribution in [1.82, 2.24) is 4.90 Å². The second-order valence-corrected chi connectivity index (χ2v) is 7.76. The van der Waals surface area contributed by atoms with Gasteiger partial charge in [0.2, 0.25) is 0 Å². The Morgan fingerprint density at radius 2 is 1.34 bits per heavy atom. The Hall–Kier alpha value is -3.05. The Morgan fingerprint density at radius 1 is 0.828 bits per heavy atom. The number of carbonyl (C=O) groups excluding carboxylic acids is 2. The van der Waals surface area contributed by atoms with Crippen molar-refractivity contribution in [2.24, 2.45) is 4.99 Å². The summed E-state index contributed by atoms with van der Waals surface area (Å²) in [5, 5.41) is 0. The van der Waals surface area contributed by atoms with E-state index in [-0.39, 0.29) is 11.7 Å². The third-order valence-corrected chi connectivity index (χ3v) is 4.94. The molecule has 1 amide bonds. The van der Waals surface area contributed by atoms with Gasteiger partial charge in [0.25, 0.3) is 5.91 Å². The highest BCUT2D eigenvalue weighted by Gasteiger charge is 2.23. The van der Waals surface area contributed by atoms with Gasteiger partial charge in [0.1, 0.15) is 0 Å². The highest BCUT2D eigenvalue weighted by Crippen LogP contribution is 2.28. The Morgan fingerprint density at radius 3 is 1.90 bits per heavy atom. The molecule has 0 radical (unpaired) electrons. The first kappa shape index (κ1) is 20.7. The molecule has 0 fully saturated rings. The summed E-state index contributed by atoms with van der Waals surface area (Å²) >= 11 is 3.43. The summed E-state index contributed by atoms with van der Waals surface area (Å²) in [7, 11) is 3.63. The SMILES string of the molecule is CN(C)C=NC(=O)C(c1ccc(Br)cc1)c1ccc(C(=O)c2ccccc2)cc1. The van der Waals surface area contributed by atoms with E-state index >= 15 is 0 Å². The smallest absolute Gasteiger partial charge is 0.259 e. The zero-order valence-corrected chi connectivity index (χ0v) is 17.8. The highest BCUT2D eigenvalue weighted by atomic mass is 79.9. The monoisotopic (exact) mass is 448 g/mol. The van der Waals surface area contributed by atoms with Gasteiger partial charge >= 0.3 is 0 Å². The van der Waals surface area contributed by atoms with Gasteiger partial charge in [-0.15, -0.1) is 0 Å². The molecule has 3 aromatic carbocycles. The van der Waals surface area contributed by atoms with Gasteiger partial charge in [-0.3, -0.25) is 9.59 Å². The molecule has 0 aliphatic rings. The first-order chi connectivity index (χ1) is 14.0. The number of hydrogen-bond donors (Lipinski definition) is 0. The molecule has 1 atom stereocenters. The lowest BCUT2D eigenvalue weighted by atomic mass is 9.89. The van der Waals surface area contributed by atoms with Gasteiger partial charge < -0.3 is 4.90 Å². The minimum absolute atomic E-state index is 0.0469. The van der Waals surface area contributed by atoms with Crippen LogP contribution < -0.4 is 0 Å². The summed E-state index contributed by atoms with van der Waals surface area (Å²) in [6, 6.07) is 23.9. The molecule has 0 saturated carbocycles. The largest absolute Gasteiger partial charge is 0.369 e. The maximum absolute atomic E-state index is 12.9. The molecule has 0 aromatic heterocycles. The van der Waals surface area contributed by atoms with Crippen LogP contribution in [0, 0.1) is 0 Å². The summed E-state index contributed by atoms with van der Waals surface area (Å²) in [6.45, 7) is 0. The second kappa shape index (κ2) is 9.43. The molecule has 0 aliphatic carbocycles. The van der Waals surface area contributed by atoms with Gasteiger partial charge in [0.15, 0.2) is 5.78 Å². The van der Waals surface area contributed by atoms with Crippen LogP contribution in [0.4, 0.5) is 0 Å². The lowest BCUT2D eigenvalue weighted by Crippen LogP contribution is -2.16. The molecule has 29 heavy (non-hydrogen) atoms. The van der Waals surface area contributed by atoms with Crippen LogP contribution in [0.5, 0.6) is 0 Å². The third kappa shape index (κ3) is 5.27. The van der Waals surface area contributed by atoms with Crippen LogP contribution in [-0.2, 0) is 4.79 Å². The summed E-state index contributed by atoms with van der Waals surface area (Å²) in [4.78, 5) is 31.3. The number of hydrogen-bond acceptors (Lipinski definition) is 2. The number of carbonyl (C=O) groups is 2. The fraction of sp³-hybridized carbons (Fsp3) is 0.125. The van der Waals surface area contributed by atoms with Crippen molar-refractivity contribution in [3.05, 3.63) is 106 Å². The Kier molecular flexibility index (Phi) is 6.73. The highest BCUT2D eigenvalue weighted by molar-refractivity contribution is 9.10. The predicted octanol–water partition coefficient (Wildman–Crippen LogP) is 4.93. The molecule has 146 valence electrons. The molecule has 1 unspecified atom stereocenters. The van der Waals surface area contributed by atoms with Crippen molar-refractivity contribution in [2.45, 2.75) is 5.92 Å². The van der Waals surface area contributed by atoms with Crippen LogP contribution in [-0.4, -0.2) is 37.0 Å². The third-order valence-electron chi connectivity index (χ3n) is 4.41. The first-order valence-electron chi connectivity index (χ1n) is 9.15. The maximum atomic E-state index is 12.9. The zero-order chi connectivity index (χ0) is 20.8. The van der Waals surface area contributed by atoms with E-state index in [2.05, 4.69) is 20.9 Å². The fourth-order valence-electron chi connectivity index (χ4n) is 2.96. The van der Waals surface area contributed by atoms with E-state index in [4.69, 9.17) is 0 Å². The Bertz CT molecular complexity index is 1010. The lowest BCUT2D eigenvalue weighted by molar-refractivity contribution is -0.118. The van der Waals surface area contributed by atoms with E-state index in [0.29, 0.717) is 11.1 Å². The molecule has 0 spiro atoms. The lowest BCUT2D eigenvalue weighted by Gasteiger charge is -2.15. The topological polar surface area (TPSA) is 49.7 Å². The predicted molar refractivity (Wildman–Crippen MR) is 119 cm³/mol. The molecule has 5 heteroatoms. The second-order valence-electron chi connectivity index (χ2n) is 6.85. The average Bonchev–Trinajstić information content (AvgIpc) is 2.74. The van der Waals surface area contributed by atoms with E-state index in [1.165, 1.54) is 6.34 Å². The van der Waals surface area contributed by atoms with Crippen LogP contribution in [0.2, 0.25) is 0 Å². The Balaban J connectivity index is 1.94. The van der Waals surface area contributed by atoms with Crippen LogP contribution in [0.3, 0.4) is 0 Å². The van der Waals surface area contributed by atoms with Gasteiger partial charge in [-0.2, -0.15) is 0 Å². The van der Waals surface area contributed by atoms with Crippen LogP contribution in [0.25, 0.3) is 0 Å². The summed E-state index contributed by atoms with van der Waals surface area (Å²) < 4.78 is 0.938. The summed E-state index contributed by atoms with van der Waals surface area (Å²) in [5.74, 6) is -0.849. The minimum Gasteiger partial charge on any atom is -0.369 e. The van der Waals surface area contributed by atoms with Crippen molar-refractivity contribution < 1.29 is 9.59 Å². The minimum atomic E-state index is -0.542. The number of nitrogens with zero attached hydrogens (tertiary/aromatic N) is 2. The molecule has 0 saturated heterocycles. The number of aliphatic imine (C=N–C) groups is 1. The van der Waals surface area contributed by atoms with E-state index in [1.807, 2.05) is 68.7 Å². The summed E-state index contributed by atoms with van der Waals surface area (Å²) in [5.41, 5.74) is 2.85. The van der Waals surface area contributed by atoms with Crippen molar-refractivity contribution >= 4 is 34.0 Å². The van der Waals surface area contributed by atoms with Gasteiger partial charge in [0, 0.05) is 29.7 Å². The van der Waals surface area contributed by atoms with Crippen molar-refractivity contribution in [3.63, 3.8) is 0 Å². The van der Waals surface area contributed by atoms with Gasteiger partial charge in [-0.05, 0) is 23.3 Å². The van der Waals surface area contributed by atoms with Crippen LogP contribution in [0.15, 0.2) is 88.3 Å². The summed E-state index contributed by atoms with van der Waals surface area (Å²) in [6.07, 6.45) is 1.50. The molecule has 4 nitrogen and oxygen atoms in total. The average molecular weight is 449 g/mol. The molecular weight excluding hydrogens is 428 g/mol. The van der Waals surface area contributed by atoms with E-state index in [9.17, 15) is 9.59 Å². The van der Waals surface area contributed by atoms with Crippen LogP contribution >= 0.6 is 15.9 Å². The molecule has 3 aromatic rings. The number of halogens is 1. The maximum Gasteiger partial charge on any atom is 0.259 e. The first-order valence-corrected chi connectivity index (χ1v) is 9.94. The molecule has 3 rings (SSSR count). The number of amides is 1. The van der Waals surface area contributed by atoms with Crippen molar-refractivity contribution in [2.75, 3.05) is 14.1 Å². The standard InChI is InChI=1S/C24H21BrN2O2/c1-27(2)16-26-24(29)22(18-12-14-21(25)15-13-18)17-8-10-20(11-9-17)23(28)19-6-4-3-5-7-19/h3-16,22H,1-2H3. The molecule has 0 N–H and O–H groups in total. The van der Waals surface area contributed by atoms with Crippen molar-refractivity contribution in [1.29, 1.82) is 0 Å².